The fourth-order valence-corrected chi connectivity index (χ4v) is 0.721. The molecule has 0 rings (SSSR count). The first-order valence-corrected chi connectivity index (χ1v) is 3.37. The highest BCUT2D eigenvalue weighted by Gasteiger charge is 2.28. The predicted molar refractivity (Wildman–Crippen MR) is 39.0 cm³/mol. The second-order valence-corrected chi connectivity index (χ2v) is 2.57. The largest absolute Gasteiger partial charge is 0.391 e. The summed E-state index contributed by atoms with van der Waals surface area (Å²) in [6.45, 7) is 2.66. The summed E-state index contributed by atoms with van der Waals surface area (Å²) in [6.07, 6.45) is -3.41. The van der Waals surface area contributed by atoms with Crippen LogP contribution < -0.4 is 0 Å². The van der Waals surface area contributed by atoms with Crippen molar-refractivity contribution in [1.29, 1.82) is 0 Å². The van der Waals surface area contributed by atoms with Crippen molar-refractivity contribution in [3.63, 3.8) is 0 Å². The highest BCUT2D eigenvalue weighted by atomic mass is 16.3. The van der Waals surface area contributed by atoms with Crippen LogP contribution in [0, 0.1) is 4.91 Å². The second-order valence-electron chi connectivity index (χ2n) is 2.57. The third kappa shape index (κ3) is 2.92. The Morgan fingerprint density at radius 1 is 1.09 bits per heavy atom. The van der Waals surface area contributed by atoms with Crippen LogP contribution in [-0.4, -0.2) is 39.7 Å². The molecule has 0 aromatic heterocycles. The normalized spacial score (nSPS) is 21.9. The van der Waals surface area contributed by atoms with Crippen LogP contribution in [-0.2, 0) is 0 Å². The van der Waals surface area contributed by atoms with Crippen LogP contribution >= 0.6 is 0 Å². The first-order chi connectivity index (χ1) is 5.00. The maximum atomic E-state index is 10.0. The van der Waals surface area contributed by atoms with Gasteiger partial charge in [-0.3, -0.25) is 0 Å². The number of aliphatic hydroxyl groups is 3. The standard InChI is InChI=1S/C6H13NO4/c1-3(8)5(7-11)6(10)4(2)9/h3-6,8-10H,1-2H3. The maximum absolute atomic E-state index is 10.0. The number of nitroso groups, excluding NO2 is 1. The Balaban J connectivity index is 4.13. The van der Waals surface area contributed by atoms with Gasteiger partial charge in [-0.05, 0) is 13.8 Å². The van der Waals surface area contributed by atoms with Crippen molar-refractivity contribution in [2.24, 2.45) is 5.18 Å². The van der Waals surface area contributed by atoms with Crippen molar-refractivity contribution in [3.05, 3.63) is 4.91 Å². The molecule has 4 atom stereocenters. The van der Waals surface area contributed by atoms with Gasteiger partial charge in [0.05, 0.1) is 12.2 Å². The lowest BCUT2D eigenvalue weighted by atomic mass is 10.0. The van der Waals surface area contributed by atoms with Crippen LogP contribution in [0.15, 0.2) is 5.18 Å². The van der Waals surface area contributed by atoms with Gasteiger partial charge in [-0.2, -0.15) is 4.91 Å². The van der Waals surface area contributed by atoms with E-state index in [1.165, 1.54) is 13.8 Å². The van der Waals surface area contributed by atoms with Gasteiger partial charge in [0.1, 0.15) is 12.1 Å². The lowest BCUT2D eigenvalue weighted by molar-refractivity contribution is -0.0146. The topological polar surface area (TPSA) is 90.1 Å². The molecule has 4 unspecified atom stereocenters. The molecule has 0 saturated heterocycles. The average Bonchev–Trinajstić information content (AvgIpc) is 1.88. The Kier molecular flexibility index (Phi) is 4.17. The van der Waals surface area contributed by atoms with Crippen molar-refractivity contribution in [2.75, 3.05) is 0 Å². The SMILES string of the molecule is CC(O)C(O)C(N=O)C(C)O. The molecule has 0 aromatic rings. The zero-order valence-corrected chi connectivity index (χ0v) is 6.51. The summed E-state index contributed by atoms with van der Waals surface area (Å²) in [4.78, 5) is 10.0. The van der Waals surface area contributed by atoms with Crippen LogP contribution in [0.25, 0.3) is 0 Å². The van der Waals surface area contributed by atoms with Gasteiger partial charge in [0.25, 0.3) is 0 Å². The third-order valence-electron chi connectivity index (χ3n) is 1.46. The molecule has 5 nitrogen and oxygen atoms in total. The summed E-state index contributed by atoms with van der Waals surface area (Å²) in [5.74, 6) is 0. The van der Waals surface area contributed by atoms with Crippen LogP contribution in [0.4, 0.5) is 0 Å². The lowest BCUT2D eigenvalue weighted by Crippen LogP contribution is -2.40. The molecule has 11 heavy (non-hydrogen) atoms. The van der Waals surface area contributed by atoms with Gasteiger partial charge < -0.3 is 15.3 Å². The van der Waals surface area contributed by atoms with Crippen molar-refractivity contribution >= 4 is 0 Å². The minimum atomic E-state index is -1.30. The van der Waals surface area contributed by atoms with Crippen LogP contribution in [0.1, 0.15) is 13.8 Å². The Hall–Kier alpha value is -0.520. The zero-order chi connectivity index (χ0) is 9.02. The van der Waals surface area contributed by atoms with Gasteiger partial charge in [-0.25, -0.2) is 0 Å². The second kappa shape index (κ2) is 4.38. The van der Waals surface area contributed by atoms with Crippen molar-refractivity contribution < 1.29 is 15.3 Å². The maximum Gasteiger partial charge on any atom is 0.146 e. The monoisotopic (exact) mass is 163 g/mol. The molecule has 66 valence electrons. The van der Waals surface area contributed by atoms with E-state index in [4.69, 9.17) is 15.3 Å². The Morgan fingerprint density at radius 2 is 1.55 bits per heavy atom. The summed E-state index contributed by atoms with van der Waals surface area (Å²) >= 11 is 0. The Morgan fingerprint density at radius 3 is 1.64 bits per heavy atom. The molecular weight excluding hydrogens is 150 g/mol. The van der Waals surface area contributed by atoms with Crippen molar-refractivity contribution in [1.82, 2.24) is 0 Å². The smallest absolute Gasteiger partial charge is 0.146 e. The molecule has 0 amide bonds. The third-order valence-corrected chi connectivity index (χ3v) is 1.46. The van der Waals surface area contributed by atoms with E-state index in [9.17, 15) is 4.91 Å². The molecule has 0 fully saturated rings. The number of hydrogen-bond donors (Lipinski definition) is 3. The minimum absolute atomic E-state index is 1.04. The van der Waals surface area contributed by atoms with Gasteiger partial charge in [-0.1, -0.05) is 5.18 Å². The summed E-state index contributed by atoms with van der Waals surface area (Å²) in [5.41, 5.74) is 0. The van der Waals surface area contributed by atoms with Gasteiger partial charge in [-0.15, -0.1) is 0 Å². The summed E-state index contributed by atoms with van der Waals surface area (Å²) in [7, 11) is 0. The quantitative estimate of drug-likeness (QED) is 0.475. The molecule has 5 heteroatoms. The fourth-order valence-electron chi connectivity index (χ4n) is 0.721. The summed E-state index contributed by atoms with van der Waals surface area (Å²) in [6, 6.07) is -1.16. The van der Waals surface area contributed by atoms with E-state index in [0.29, 0.717) is 0 Å². The number of hydrogen-bond acceptors (Lipinski definition) is 5. The van der Waals surface area contributed by atoms with E-state index in [-0.39, 0.29) is 0 Å². The van der Waals surface area contributed by atoms with E-state index in [1.54, 1.807) is 0 Å². The molecule has 0 spiro atoms. The zero-order valence-electron chi connectivity index (χ0n) is 6.51. The lowest BCUT2D eigenvalue weighted by Gasteiger charge is -2.20. The summed E-state index contributed by atoms with van der Waals surface area (Å²) < 4.78 is 0. The number of rotatable bonds is 4. The van der Waals surface area contributed by atoms with E-state index in [1.807, 2.05) is 0 Å². The Bertz CT molecular complexity index is 126. The molecule has 0 aliphatic heterocycles. The highest BCUT2D eigenvalue weighted by molar-refractivity contribution is 4.82. The number of aliphatic hydroxyl groups excluding tert-OH is 3. The molecule has 0 radical (unpaired) electrons. The average molecular weight is 163 g/mol. The van der Waals surface area contributed by atoms with E-state index < -0.39 is 24.4 Å². The van der Waals surface area contributed by atoms with Gasteiger partial charge in [0.15, 0.2) is 0 Å². The molecule has 0 aromatic carbocycles. The van der Waals surface area contributed by atoms with Crippen LogP contribution in [0.2, 0.25) is 0 Å². The molecule has 0 bridgehead atoms. The Labute approximate surface area is 64.6 Å². The molecule has 0 saturated carbocycles. The molecule has 0 aliphatic carbocycles. The molecule has 3 N–H and O–H groups in total. The van der Waals surface area contributed by atoms with Crippen molar-refractivity contribution in [2.45, 2.75) is 38.2 Å². The highest BCUT2D eigenvalue weighted by Crippen LogP contribution is 2.07. The first kappa shape index (κ1) is 10.5. The summed E-state index contributed by atoms with van der Waals surface area (Å²) in [5, 5.41) is 29.2. The van der Waals surface area contributed by atoms with E-state index >= 15 is 0 Å². The fraction of sp³-hybridized carbons (Fsp3) is 1.00. The van der Waals surface area contributed by atoms with E-state index in [0.717, 1.165) is 0 Å². The first-order valence-electron chi connectivity index (χ1n) is 3.37. The predicted octanol–water partition coefficient (Wildman–Crippen LogP) is -0.756. The van der Waals surface area contributed by atoms with Crippen LogP contribution in [0.3, 0.4) is 0 Å². The van der Waals surface area contributed by atoms with E-state index in [2.05, 4.69) is 5.18 Å². The molecular formula is C6H13NO4. The van der Waals surface area contributed by atoms with Gasteiger partial charge in [0, 0.05) is 0 Å². The molecule has 0 heterocycles. The molecule has 0 aliphatic rings. The van der Waals surface area contributed by atoms with Gasteiger partial charge >= 0.3 is 0 Å². The number of nitrogens with zero attached hydrogens (tertiary/aromatic N) is 1. The van der Waals surface area contributed by atoms with Crippen molar-refractivity contribution in [3.8, 4) is 0 Å². The van der Waals surface area contributed by atoms with Gasteiger partial charge in [0.2, 0.25) is 0 Å². The minimum Gasteiger partial charge on any atom is -0.391 e. The van der Waals surface area contributed by atoms with Crippen LogP contribution in [0.5, 0.6) is 0 Å².